The van der Waals surface area contributed by atoms with Gasteiger partial charge in [0.2, 0.25) is 0 Å². The van der Waals surface area contributed by atoms with Crippen molar-refractivity contribution >= 4 is 40.3 Å². The van der Waals surface area contributed by atoms with Gasteiger partial charge in [-0.3, -0.25) is 10.1 Å². The van der Waals surface area contributed by atoms with Crippen LogP contribution in [0.2, 0.25) is 5.02 Å². The number of amides is 1. The first-order valence-electron chi connectivity index (χ1n) is 13.8. The molecular weight excluding hydrogens is 550 g/mol. The zero-order chi connectivity index (χ0) is 29.4. The lowest BCUT2D eigenvalue weighted by molar-refractivity contribution is -0.143. The smallest absolute Gasteiger partial charge is 0.412 e. The number of anilines is 1. The average Bonchev–Trinajstić information content (AvgIpc) is 3.75. The van der Waals surface area contributed by atoms with Gasteiger partial charge in [-0.15, -0.1) is 0 Å². The molecule has 1 aromatic heterocycles. The third-order valence-corrected chi connectivity index (χ3v) is 8.29. The minimum atomic E-state index is -0.607. The van der Waals surface area contributed by atoms with Crippen LogP contribution < -0.4 is 5.32 Å². The van der Waals surface area contributed by atoms with Crippen LogP contribution in [0.5, 0.6) is 0 Å². The van der Waals surface area contributed by atoms with Gasteiger partial charge in [-0.05, 0) is 61.6 Å². The highest BCUT2D eigenvalue weighted by molar-refractivity contribution is 6.31. The van der Waals surface area contributed by atoms with Gasteiger partial charge >= 0.3 is 12.1 Å². The second-order valence-corrected chi connectivity index (χ2v) is 11.1. The molecule has 1 saturated carbocycles. The number of benzene rings is 4. The van der Waals surface area contributed by atoms with Crippen molar-refractivity contribution in [2.24, 2.45) is 0 Å². The van der Waals surface area contributed by atoms with Gasteiger partial charge in [-0.2, -0.15) is 0 Å². The molecule has 1 aliphatic rings. The van der Waals surface area contributed by atoms with Crippen molar-refractivity contribution in [3.8, 4) is 22.5 Å². The van der Waals surface area contributed by atoms with Crippen LogP contribution in [0.4, 0.5) is 10.5 Å². The number of carbonyl (C=O) groups is 2. The maximum absolute atomic E-state index is 13.1. The summed E-state index contributed by atoms with van der Waals surface area (Å²) in [4.78, 5) is 25.3. The van der Waals surface area contributed by atoms with Gasteiger partial charge in [0.1, 0.15) is 11.7 Å². The van der Waals surface area contributed by atoms with Gasteiger partial charge in [-0.25, -0.2) is 4.79 Å². The molecule has 1 aliphatic carbocycles. The first-order chi connectivity index (χ1) is 20.3. The highest BCUT2D eigenvalue weighted by Crippen LogP contribution is 2.49. The Morgan fingerprint density at radius 3 is 2.19 bits per heavy atom. The van der Waals surface area contributed by atoms with Crippen molar-refractivity contribution in [3.63, 3.8) is 0 Å². The number of esters is 1. The summed E-state index contributed by atoms with van der Waals surface area (Å²) in [5.74, 6) is 0.362. The Morgan fingerprint density at radius 2 is 1.55 bits per heavy atom. The number of hydrogen-bond donors (Lipinski definition) is 1. The van der Waals surface area contributed by atoms with Gasteiger partial charge in [0.05, 0.1) is 18.2 Å². The summed E-state index contributed by atoms with van der Waals surface area (Å²) in [6.07, 6.45) is 0.473. The molecule has 5 aromatic rings. The van der Waals surface area contributed by atoms with Crippen molar-refractivity contribution in [1.29, 1.82) is 0 Å². The molecule has 1 amide bonds. The first-order valence-corrected chi connectivity index (χ1v) is 14.2. The van der Waals surface area contributed by atoms with Crippen LogP contribution in [-0.4, -0.2) is 19.2 Å². The number of ether oxygens (including phenoxy) is 2. The van der Waals surface area contributed by atoms with Gasteiger partial charge in [-0.1, -0.05) is 90.0 Å². The van der Waals surface area contributed by atoms with E-state index in [1.165, 1.54) is 7.11 Å². The van der Waals surface area contributed by atoms with E-state index in [1.807, 2.05) is 91.9 Å². The van der Waals surface area contributed by atoms with Gasteiger partial charge < -0.3 is 13.9 Å². The summed E-state index contributed by atoms with van der Waals surface area (Å²) in [5.41, 5.74) is 6.30. The lowest BCUT2D eigenvalue weighted by Gasteiger charge is -2.15. The molecule has 0 radical (unpaired) electrons. The van der Waals surface area contributed by atoms with Gasteiger partial charge in [0, 0.05) is 21.5 Å². The molecule has 1 N–H and O–H groups in total. The van der Waals surface area contributed by atoms with Gasteiger partial charge in [0.25, 0.3) is 0 Å². The molecule has 6 nitrogen and oxygen atoms in total. The molecule has 212 valence electrons. The molecule has 6 rings (SSSR count). The second-order valence-electron chi connectivity index (χ2n) is 10.7. The lowest BCUT2D eigenvalue weighted by Crippen LogP contribution is -2.21. The molecule has 4 aromatic carbocycles. The van der Waals surface area contributed by atoms with Crippen molar-refractivity contribution in [2.45, 2.75) is 38.2 Å². The van der Waals surface area contributed by atoms with E-state index in [0.717, 1.165) is 51.6 Å². The van der Waals surface area contributed by atoms with Crippen molar-refractivity contribution in [3.05, 3.63) is 113 Å². The number of carbonyl (C=O) groups excluding carboxylic acids is 2. The maximum atomic E-state index is 13.1. The molecular formula is C35H30ClNO5. The molecule has 1 heterocycles. The zero-order valence-corrected chi connectivity index (χ0v) is 24.3. The molecule has 1 atom stereocenters. The Bertz CT molecular complexity index is 1790. The monoisotopic (exact) mass is 579 g/mol. The predicted molar refractivity (Wildman–Crippen MR) is 165 cm³/mol. The molecule has 42 heavy (non-hydrogen) atoms. The zero-order valence-electron chi connectivity index (χ0n) is 23.6. The Morgan fingerprint density at radius 1 is 0.905 bits per heavy atom. The normalized spacial score (nSPS) is 14.3. The van der Waals surface area contributed by atoms with E-state index in [2.05, 4.69) is 5.32 Å². The summed E-state index contributed by atoms with van der Waals surface area (Å²) >= 11 is 6.31. The Labute approximate surface area is 249 Å². The van der Waals surface area contributed by atoms with E-state index in [1.54, 1.807) is 13.0 Å². The van der Waals surface area contributed by atoms with E-state index in [9.17, 15) is 9.59 Å². The van der Waals surface area contributed by atoms with Crippen LogP contribution in [-0.2, 0) is 19.7 Å². The van der Waals surface area contributed by atoms with E-state index in [0.29, 0.717) is 22.1 Å². The lowest BCUT2D eigenvalue weighted by atomic mass is 9.93. The standard InChI is InChI=1S/C35H30ClNO5/c1-21-8-17-30-28(20-21)31(37-34(39)41-22(2)27-6-4-5-7-29(27)36)32(42-30)25-11-9-23(10-12-25)24-13-15-26(16-14-24)35(18-19-35)33(38)40-3/h4-17,20,22H,18-19H2,1-3H3,(H,37,39)/t22-/m1/s1. The highest BCUT2D eigenvalue weighted by Gasteiger charge is 2.52. The van der Waals surface area contributed by atoms with Crippen molar-refractivity contribution in [2.75, 3.05) is 12.4 Å². The van der Waals surface area contributed by atoms with E-state index in [-0.39, 0.29) is 5.97 Å². The fraction of sp³-hybridized carbons (Fsp3) is 0.200. The summed E-state index contributed by atoms with van der Waals surface area (Å²) in [7, 11) is 1.44. The highest BCUT2D eigenvalue weighted by atomic mass is 35.5. The topological polar surface area (TPSA) is 77.8 Å². The number of hydrogen-bond acceptors (Lipinski definition) is 5. The van der Waals surface area contributed by atoms with Crippen LogP contribution in [0, 0.1) is 6.92 Å². The number of aryl methyl sites for hydroxylation is 1. The SMILES string of the molecule is COC(=O)C1(c2ccc(-c3ccc(-c4oc5ccc(C)cc5c4NC(=O)O[C@H](C)c4ccccc4Cl)cc3)cc2)CC1. The number of halogens is 1. The van der Waals surface area contributed by atoms with E-state index >= 15 is 0 Å². The molecule has 0 saturated heterocycles. The predicted octanol–water partition coefficient (Wildman–Crippen LogP) is 9.24. The Balaban J connectivity index is 1.27. The van der Waals surface area contributed by atoms with Crippen LogP contribution in [0.25, 0.3) is 33.4 Å². The minimum Gasteiger partial charge on any atom is -0.468 e. The van der Waals surface area contributed by atoms with Crippen LogP contribution in [0.3, 0.4) is 0 Å². The molecule has 0 unspecified atom stereocenters. The largest absolute Gasteiger partial charge is 0.468 e. The quantitative estimate of drug-likeness (QED) is 0.194. The molecule has 1 fully saturated rings. The van der Waals surface area contributed by atoms with E-state index < -0.39 is 17.6 Å². The fourth-order valence-corrected chi connectivity index (χ4v) is 5.72. The van der Waals surface area contributed by atoms with E-state index in [4.69, 9.17) is 25.5 Å². The Kier molecular flexibility index (Phi) is 7.25. The molecule has 7 heteroatoms. The van der Waals surface area contributed by atoms with Crippen LogP contribution in [0.1, 0.15) is 42.6 Å². The maximum Gasteiger partial charge on any atom is 0.412 e. The number of nitrogens with one attached hydrogen (secondary N) is 1. The number of methoxy groups -OCH3 is 1. The second kappa shape index (κ2) is 11.0. The van der Waals surface area contributed by atoms with Crippen molar-refractivity contribution in [1.82, 2.24) is 0 Å². The summed E-state index contributed by atoms with van der Waals surface area (Å²) in [6.45, 7) is 3.77. The molecule has 0 aliphatic heterocycles. The Hall–Kier alpha value is -4.55. The number of fused-ring (bicyclic) bond motifs is 1. The average molecular weight is 580 g/mol. The third-order valence-electron chi connectivity index (χ3n) is 7.94. The van der Waals surface area contributed by atoms with Crippen LogP contribution in [0.15, 0.2) is 95.4 Å². The first kappa shape index (κ1) is 27.6. The summed E-state index contributed by atoms with van der Waals surface area (Å²) < 4.78 is 17.0. The third kappa shape index (κ3) is 5.14. The minimum absolute atomic E-state index is 0.174. The van der Waals surface area contributed by atoms with Crippen molar-refractivity contribution < 1.29 is 23.5 Å². The number of rotatable bonds is 7. The fourth-order valence-electron chi connectivity index (χ4n) is 5.43. The molecule has 0 bridgehead atoms. The number of furan rings is 1. The van der Waals surface area contributed by atoms with Gasteiger partial charge in [0.15, 0.2) is 5.76 Å². The molecule has 0 spiro atoms. The summed E-state index contributed by atoms with van der Waals surface area (Å²) in [6, 6.07) is 29.2. The van der Waals surface area contributed by atoms with Crippen LogP contribution >= 0.6 is 11.6 Å². The summed E-state index contributed by atoms with van der Waals surface area (Å²) in [5, 5.41) is 4.25.